The van der Waals surface area contributed by atoms with Crippen LogP contribution in [0.25, 0.3) is 0 Å². The molecular formula is C17H22N4O3S3. The average molecular weight is 427 g/mol. The third-order valence-corrected chi connectivity index (χ3v) is 8.72. The quantitative estimate of drug-likeness (QED) is 0.733. The Kier molecular flexibility index (Phi) is 5.58. The Labute approximate surface area is 167 Å². The molecule has 146 valence electrons. The number of nitrogens with one attached hydrogen (secondary N) is 2. The van der Waals surface area contributed by atoms with Gasteiger partial charge in [-0.1, -0.05) is 6.42 Å². The molecule has 1 aliphatic heterocycles. The number of thiazole rings is 1. The van der Waals surface area contributed by atoms with Gasteiger partial charge >= 0.3 is 0 Å². The number of anilines is 1. The van der Waals surface area contributed by atoms with Crippen LogP contribution in [0, 0.1) is 0 Å². The van der Waals surface area contributed by atoms with Gasteiger partial charge in [-0.25, -0.2) is 13.4 Å². The van der Waals surface area contributed by atoms with E-state index in [0.29, 0.717) is 18.2 Å². The van der Waals surface area contributed by atoms with Crippen LogP contribution in [0.15, 0.2) is 17.2 Å². The first-order chi connectivity index (χ1) is 13.0. The summed E-state index contributed by atoms with van der Waals surface area (Å²) in [5, 5.41) is 3.39. The van der Waals surface area contributed by atoms with Crippen molar-refractivity contribution in [2.45, 2.75) is 37.0 Å². The molecular weight excluding hydrogens is 404 g/mol. The molecule has 0 bridgehead atoms. The lowest BCUT2D eigenvalue weighted by molar-refractivity contribution is 0.102. The van der Waals surface area contributed by atoms with E-state index < -0.39 is 10.0 Å². The predicted octanol–water partition coefficient (Wildman–Crippen LogP) is 2.73. The number of hydrogen-bond donors (Lipinski definition) is 2. The highest BCUT2D eigenvalue weighted by Gasteiger charge is 2.28. The first-order valence-electron chi connectivity index (χ1n) is 9.10. The van der Waals surface area contributed by atoms with Crippen LogP contribution in [0.5, 0.6) is 0 Å². The molecule has 2 aromatic rings. The second-order valence-electron chi connectivity index (χ2n) is 6.67. The van der Waals surface area contributed by atoms with Crippen molar-refractivity contribution < 1.29 is 13.2 Å². The van der Waals surface area contributed by atoms with E-state index in [-0.39, 0.29) is 16.5 Å². The van der Waals surface area contributed by atoms with E-state index in [1.54, 1.807) is 11.8 Å². The molecule has 27 heavy (non-hydrogen) atoms. The number of carbonyl (C=O) groups excluding carboxylic acids is 1. The maximum absolute atomic E-state index is 12.7. The molecule has 1 aliphatic carbocycles. The molecule has 7 nitrogen and oxygen atoms in total. The van der Waals surface area contributed by atoms with Crippen LogP contribution in [0.2, 0.25) is 0 Å². The lowest BCUT2D eigenvalue weighted by Crippen LogP contribution is -2.37. The zero-order chi connectivity index (χ0) is 18.9. The van der Waals surface area contributed by atoms with E-state index in [1.165, 1.54) is 39.2 Å². The Morgan fingerprint density at radius 2 is 1.96 bits per heavy atom. The van der Waals surface area contributed by atoms with Gasteiger partial charge in [-0.15, -0.1) is 11.3 Å². The van der Waals surface area contributed by atoms with Crippen LogP contribution in [0.3, 0.4) is 0 Å². The van der Waals surface area contributed by atoms with E-state index in [1.807, 2.05) is 0 Å². The summed E-state index contributed by atoms with van der Waals surface area (Å²) in [6, 6.07) is 1.41. The molecule has 2 aromatic heterocycles. The number of carbonyl (C=O) groups is 1. The smallest absolute Gasteiger partial charge is 0.273 e. The molecule has 0 unspecified atom stereocenters. The van der Waals surface area contributed by atoms with Gasteiger partial charge in [0.25, 0.3) is 5.91 Å². The van der Waals surface area contributed by atoms with Gasteiger partial charge in [-0.2, -0.15) is 16.1 Å². The van der Waals surface area contributed by atoms with Gasteiger partial charge in [0, 0.05) is 35.7 Å². The van der Waals surface area contributed by atoms with Gasteiger partial charge in [-0.3, -0.25) is 10.1 Å². The minimum atomic E-state index is -3.56. The number of H-pyrrole nitrogens is 1. The van der Waals surface area contributed by atoms with Crippen LogP contribution >= 0.6 is 23.1 Å². The monoisotopic (exact) mass is 426 g/mol. The number of amides is 1. The largest absolute Gasteiger partial charge is 0.356 e. The first kappa shape index (κ1) is 19.0. The SMILES string of the molecule is O=C(Nc1nc2c(s1)CCCCC2)c1cc(S(=O)(=O)N2CCSCC2)c[nH]1. The van der Waals surface area contributed by atoms with Crippen molar-refractivity contribution in [1.29, 1.82) is 0 Å². The number of sulfonamides is 1. The molecule has 1 amide bonds. The van der Waals surface area contributed by atoms with Gasteiger partial charge in [0.05, 0.1) is 5.69 Å². The van der Waals surface area contributed by atoms with E-state index in [2.05, 4.69) is 15.3 Å². The summed E-state index contributed by atoms with van der Waals surface area (Å²) in [7, 11) is -3.56. The number of aryl methyl sites for hydroxylation is 2. The fourth-order valence-corrected chi connectivity index (χ4v) is 6.95. The number of thioether (sulfide) groups is 1. The number of hydrogen-bond acceptors (Lipinski definition) is 6. The van der Waals surface area contributed by atoms with E-state index in [0.717, 1.165) is 42.9 Å². The maximum atomic E-state index is 12.7. The van der Waals surface area contributed by atoms with Crippen molar-refractivity contribution in [1.82, 2.24) is 14.3 Å². The number of nitrogens with zero attached hydrogens (tertiary/aromatic N) is 2. The fourth-order valence-electron chi connectivity index (χ4n) is 3.34. The van der Waals surface area contributed by atoms with Crippen molar-refractivity contribution in [3.8, 4) is 0 Å². The Morgan fingerprint density at radius 3 is 2.78 bits per heavy atom. The van der Waals surface area contributed by atoms with Gasteiger partial charge in [0.15, 0.2) is 5.13 Å². The van der Waals surface area contributed by atoms with Gasteiger partial charge in [0.2, 0.25) is 10.0 Å². The molecule has 1 fully saturated rings. The van der Waals surface area contributed by atoms with Crippen molar-refractivity contribution in [2.75, 3.05) is 29.9 Å². The van der Waals surface area contributed by atoms with E-state index >= 15 is 0 Å². The van der Waals surface area contributed by atoms with Crippen molar-refractivity contribution in [3.63, 3.8) is 0 Å². The van der Waals surface area contributed by atoms with Crippen molar-refractivity contribution in [3.05, 3.63) is 28.5 Å². The van der Waals surface area contributed by atoms with Crippen LogP contribution < -0.4 is 5.32 Å². The van der Waals surface area contributed by atoms with Crippen LogP contribution in [-0.2, 0) is 22.9 Å². The lowest BCUT2D eigenvalue weighted by atomic mass is 10.2. The highest BCUT2D eigenvalue weighted by Crippen LogP contribution is 2.29. The van der Waals surface area contributed by atoms with Crippen LogP contribution in [0.1, 0.15) is 40.3 Å². The summed E-state index contributed by atoms with van der Waals surface area (Å²) < 4.78 is 26.9. The summed E-state index contributed by atoms with van der Waals surface area (Å²) in [6.07, 6.45) is 6.89. The van der Waals surface area contributed by atoms with Gasteiger partial charge in [0.1, 0.15) is 10.6 Å². The number of fused-ring (bicyclic) bond motifs is 1. The molecule has 10 heteroatoms. The summed E-state index contributed by atoms with van der Waals surface area (Å²) in [6.45, 7) is 1.01. The highest BCUT2D eigenvalue weighted by molar-refractivity contribution is 7.99. The molecule has 0 saturated carbocycles. The predicted molar refractivity (Wildman–Crippen MR) is 108 cm³/mol. The molecule has 3 heterocycles. The normalized spacial score (nSPS) is 18.7. The third kappa shape index (κ3) is 4.08. The Bertz CT molecular complexity index is 906. The minimum Gasteiger partial charge on any atom is -0.356 e. The number of aromatic nitrogens is 2. The molecule has 0 spiro atoms. The van der Waals surface area contributed by atoms with E-state index in [9.17, 15) is 13.2 Å². The summed E-state index contributed by atoms with van der Waals surface area (Å²) in [5.41, 5.74) is 1.32. The summed E-state index contributed by atoms with van der Waals surface area (Å²) >= 11 is 3.27. The van der Waals surface area contributed by atoms with Crippen LogP contribution in [0.4, 0.5) is 5.13 Å². The Morgan fingerprint density at radius 1 is 1.19 bits per heavy atom. The molecule has 2 N–H and O–H groups in total. The minimum absolute atomic E-state index is 0.134. The van der Waals surface area contributed by atoms with Crippen molar-refractivity contribution in [2.24, 2.45) is 0 Å². The number of rotatable bonds is 4. The molecule has 1 saturated heterocycles. The Hall–Kier alpha value is -1.36. The second-order valence-corrected chi connectivity index (χ2v) is 10.9. The van der Waals surface area contributed by atoms with Gasteiger partial charge in [-0.05, 0) is 31.7 Å². The fraction of sp³-hybridized carbons (Fsp3) is 0.529. The topological polar surface area (TPSA) is 95.2 Å². The summed E-state index contributed by atoms with van der Waals surface area (Å²) in [5.74, 6) is 1.23. The van der Waals surface area contributed by atoms with Crippen LogP contribution in [-0.4, -0.2) is 53.2 Å². The second kappa shape index (κ2) is 7.94. The first-order valence-corrected chi connectivity index (χ1v) is 12.5. The number of aromatic amines is 1. The van der Waals surface area contributed by atoms with E-state index in [4.69, 9.17) is 0 Å². The molecule has 4 rings (SSSR count). The molecule has 0 radical (unpaired) electrons. The summed E-state index contributed by atoms with van der Waals surface area (Å²) in [4.78, 5) is 21.3. The Balaban J connectivity index is 1.47. The molecule has 2 aliphatic rings. The standard InChI is InChI=1S/C17H22N4O3S3/c22-16(20-17-19-13-4-2-1-3-5-15(13)26-17)14-10-12(11-18-14)27(23,24)21-6-8-25-9-7-21/h10-11,18H,1-9H2,(H,19,20,22). The average Bonchev–Trinajstić information content (AvgIpc) is 3.26. The molecule has 0 atom stereocenters. The zero-order valence-electron chi connectivity index (χ0n) is 14.9. The third-order valence-electron chi connectivity index (χ3n) is 4.83. The maximum Gasteiger partial charge on any atom is 0.273 e. The highest BCUT2D eigenvalue weighted by atomic mass is 32.2. The van der Waals surface area contributed by atoms with Crippen molar-refractivity contribution >= 4 is 44.2 Å². The zero-order valence-corrected chi connectivity index (χ0v) is 17.3. The van der Waals surface area contributed by atoms with Gasteiger partial charge < -0.3 is 4.98 Å². The lowest BCUT2D eigenvalue weighted by Gasteiger charge is -2.24. The molecule has 0 aromatic carbocycles.